The molecule has 138 valence electrons. The number of nitrogens with zero attached hydrogens (tertiary/aromatic N) is 1. The molecule has 0 fully saturated rings. The van der Waals surface area contributed by atoms with Crippen molar-refractivity contribution >= 4 is 51.4 Å². The number of hydrogen-bond donors (Lipinski definition) is 3. The van der Waals surface area contributed by atoms with E-state index in [9.17, 15) is 9.59 Å². The first-order valence-corrected chi connectivity index (χ1v) is 9.34. The van der Waals surface area contributed by atoms with Crippen LogP contribution in [0.1, 0.15) is 21.6 Å². The van der Waals surface area contributed by atoms with E-state index in [2.05, 4.69) is 20.9 Å². The lowest BCUT2D eigenvalue weighted by Gasteiger charge is -2.07. The molecule has 27 heavy (non-hydrogen) atoms. The van der Waals surface area contributed by atoms with Gasteiger partial charge in [0.25, 0.3) is 5.91 Å². The topological polar surface area (TPSA) is 83.1 Å². The van der Waals surface area contributed by atoms with Crippen LogP contribution in [-0.2, 0) is 0 Å². The summed E-state index contributed by atoms with van der Waals surface area (Å²) < 4.78 is 0. The van der Waals surface area contributed by atoms with Crippen LogP contribution < -0.4 is 16.0 Å². The van der Waals surface area contributed by atoms with E-state index in [1.807, 2.05) is 38.1 Å². The van der Waals surface area contributed by atoms with Gasteiger partial charge in [-0.15, -0.1) is 11.3 Å². The maximum atomic E-state index is 12.4. The van der Waals surface area contributed by atoms with E-state index in [4.69, 9.17) is 11.6 Å². The molecule has 1 aromatic heterocycles. The van der Waals surface area contributed by atoms with Gasteiger partial charge in [-0.25, -0.2) is 9.78 Å². The minimum absolute atomic E-state index is 0.213. The highest BCUT2D eigenvalue weighted by Crippen LogP contribution is 2.22. The third-order valence-electron chi connectivity index (χ3n) is 3.68. The van der Waals surface area contributed by atoms with Crippen molar-refractivity contribution in [2.45, 2.75) is 13.8 Å². The zero-order valence-electron chi connectivity index (χ0n) is 14.7. The van der Waals surface area contributed by atoms with E-state index in [0.717, 1.165) is 11.1 Å². The molecule has 3 N–H and O–H groups in total. The number of aryl methyl sites for hydroxylation is 2. The zero-order valence-corrected chi connectivity index (χ0v) is 16.2. The largest absolute Gasteiger partial charge is 0.325 e. The fourth-order valence-corrected chi connectivity index (χ4v) is 3.19. The molecule has 0 atom stereocenters. The second kappa shape index (κ2) is 8.20. The van der Waals surface area contributed by atoms with Crippen molar-refractivity contribution in [2.75, 3.05) is 16.0 Å². The maximum absolute atomic E-state index is 12.4. The summed E-state index contributed by atoms with van der Waals surface area (Å²) in [7, 11) is 0. The van der Waals surface area contributed by atoms with Gasteiger partial charge in [-0.2, -0.15) is 0 Å². The first kappa shape index (κ1) is 18.9. The van der Waals surface area contributed by atoms with E-state index in [0.29, 0.717) is 21.5 Å². The van der Waals surface area contributed by atoms with E-state index in [1.54, 1.807) is 23.6 Å². The number of nitrogens with one attached hydrogen (secondary N) is 3. The lowest BCUT2D eigenvalue weighted by molar-refractivity contribution is 0.102. The van der Waals surface area contributed by atoms with Gasteiger partial charge in [0.1, 0.15) is 5.69 Å². The average molecular weight is 401 g/mol. The van der Waals surface area contributed by atoms with Crippen molar-refractivity contribution < 1.29 is 9.59 Å². The highest BCUT2D eigenvalue weighted by molar-refractivity contribution is 7.14. The Labute approximate surface area is 165 Å². The quantitative estimate of drug-likeness (QED) is 0.555. The summed E-state index contributed by atoms with van der Waals surface area (Å²) in [4.78, 5) is 28.6. The number of hydrogen-bond acceptors (Lipinski definition) is 4. The average Bonchev–Trinajstić information content (AvgIpc) is 3.06. The third kappa shape index (κ3) is 5.06. The summed E-state index contributed by atoms with van der Waals surface area (Å²) in [5.74, 6) is -0.372. The van der Waals surface area contributed by atoms with Crippen LogP contribution in [-0.4, -0.2) is 16.9 Å². The van der Waals surface area contributed by atoms with E-state index >= 15 is 0 Å². The Hall–Kier alpha value is -2.90. The predicted octanol–water partition coefficient (Wildman–Crippen LogP) is 5.31. The summed E-state index contributed by atoms with van der Waals surface area (Å²) >= 11 is 7.13. The molecule has 1 heterocycles. The van der Waals surface area contributed by atoms with E-state index in [1.165, 1.54) is 11.3 Å². The standard InChI is InChI=1S/C19H17ClN4O2S/c1-11-4-3-5-14(8-11)21-18(26)24-19-23-16(10-27-19)17(25)22-15-9-13(20)7-6-12(15)2/h3-10H,1-2H3,(H,22,25)(H2,21,23,24,26). The number of anilines is 3. The number of thiazole rings is 1. The predicted molar refractivity (Wildman–Crippen MR) is 110 cm³/mol. The maximum Gasteiger partial charge on any atom is 0.325 e. The highest BCUT2D eigenvalue weighted by Gasteiger charge is 2.14. The smallest absolute Gasteiger partial charge is 0.320 e. The normalized spacial score (nSPS) is 10.3. The molecule has 6 nitrogen and oxygen atoms in total. The molecule has 0 aliphatic carbocycles. The van der Waals surface area contributed by atoms with E-state index in [-0.39, 0.29) is 11.6 Å². The van der Waals surface area contributed by atoms with Crippen molar-refractivity contribution in [1.29, 1.82) is 0 Å². The number of aromatic nitrogens is 1. The minimum atomic E-state index is -0.424. The molecule has 0 saturated heterocycles. The molecule has 8 heteroatoms. The Morgan fingerprint density at radius 1 is 1.04 bits per heavy atom. The number of benzene rings is 2. The molecule has 0 aliphatic heterocycles. The fraction of sp³-hybridized carbons (Fsp3) is 0.105. The van der Waals surface area contributed by atoms with Gasteiger partial charge in [-0.1, -0.05) is 29.8 Å². The number of rotatable bonds is 4. The van der Waals surface area contributed by atoms with Crippen LogP contribution >= 0.6 is 22.9 Å². The number of amides is 3. The Balaban J connectivity index is 1.63. The van der Waals surface area contributed by atoms with Crippen molar-refractivity contribution in [1.82, 2.24) is 4.98 Å². The van der Waals surface area contributed by atoms with Crippen LogP contribution in [0.25, 0.3) is 0 Å². The van der Waals surface area contributed by atoms with Gasteiger partial charge >= 0.3 is 6.03 Å². The van der Waals surface area contributed by atoms with Crippen LogP contribution in [0, 0.1) is 13.8 Å². The molecule has 0 radical (unpaired) electrons. The first-order valence-electron chi connectivity index (χ1n) is 8.08. The molecule has 0 bridgehead atoms. The molecule has 0 aliphatic rings. The summed E-state index contributed by atoms with van der Waals surface area (Å²) in [5.41, 5.74) is 3.44. The summed E-state index contributed by atoms with van der Waals surface area (Å²) in [5, 5.41) is 10.6. The van der Waals surface area contributed by atoms with Gasteiger partial charge in [-0.3, -0.25) is 10.1 Å². The Bertz CT molecular complexity index is 1000. The first-order chi connectivity index (χ1) is 12.9. The fourth-order valence-electron chi connectivity index (χ4n) is 2.33. The van der Waals surface area contributed by atoms with Crippen molar-refractivity contribution in [3.8, 4) is 0 Å². The van der Waals surface area contributed by atoms with E-state index < -0.39 is 6.03 Å². The van der Waals surface area contributed by atoms with Crippen LogP contribution in [0.2, 0.25) is 5.02 Å². The second-order valence-electron chi connectivity index (χ2n) is 5.90. The third-order valence-corrected chi connectivity index (χ3v) is 4.67. The second-order valence-corrected chi connectivity index (χ2v) is 7.19. The Kier molecular flexibility index (Phi) is 5.73. The van der Waals surface area contributed by atoms with Gasteiger partial charge in [0, 0.05) is 21.8 Å². The van der Waals surface area contributed by atoms with Crippen molar-refractivity contribution in [3.63, 3.8) is 0 Å². The molecule has 3 amide bonds. The zero-order chi connectivity index (χ0) is 19.4. The molecule has 0 spiro atoms. The summed E-state index contributed by atoms with van der Waals surface area (Å²) in [6, 6.07) is 12.3. The van der Waals surface area contributed by atoms with Crippen molar-refractivity contribution in [2.24, 2.45) is 0 Å². The van der Waals surface area contributed by atoms with Crippen LogP contribution in [0.3, 0.4) is 0 Å². The molecule has 0 unspecified atom stereocenters. The lowest BCUT2D eigenvalue weighted by Crippen LogP contribution is -2.19. The van der Waals surface area contributed by atoms with Gasteiger partial charge < -0.3 is 10.6 Å². The molecule has 0 saturated carbocycles. The number of carbonyl (C=O) groups excluding carboxylic acids is 2. The molecular weight excluding hydrogens is 384 g/mol. The van der Waals surface area contributed by atoms with Crippen LogP contribution in [0.15, 0.2) is 47.8 Å². The van der Waals surface area contributed by atoms with Gasteiger partial charge in [-0.05, 0) is 49.2 Å². The summed E-state index contributed by atoms with van der Waals surface area (Å²) in [6.45, 7) is 3.81. The highest BCUT2D eigenvalue weighted by atomic mass is 35.5. The minimum Gasteiger partial charge on any atom is -0.320 e. The Morgan fingerprint density at radius 3 is 2.63 bits per heavy atom. The molecule has 3 aromatic rings. The van der Waals surface area contributed by atoms with Crippen LogP contribution in [0.4, 0.5) is 21.3 Å². The Morgan fingerprint density at radius 2 is 1.85 bits per heavy atom. The summed E-state index contributed by atoms with van der Waals surface area (Å²) in [6.07, 6.45) is 0. The number of halogens is 1. The number of carbonyl (C=O) groups is 2. The monoisotopic (exact) mass is 400 g/mol. The molecular formula is C19H17ClN4O2S. The van der Waals surface area contributed by atoms with Gasteiger partial charge in [0.2, 0.25) is 0 Å². The SMILES string of the molecule is Cc1cccc(NC(=O)Nc2nc(C(=O)Nc3cc(Cl)ccc3C)cs2)c1. The molecule has 3 rings (SSSR count). The van der Waals surface area contributed by atoms with Gasteiger partial charge in [0.05, 0.1) is 0 Å². The lowest BCUT2D eigenvalue weighted by atomic mass is 10.2. The van der Waals surface area contributed by atoms with Crippen molar-refractivity contribution in [3.05, 3.63) is 69.7 Å². The van der Waals surface area contributed by atoms with Crippen LogP contribution in [0.5, 0.6) is 0 Å². The molecule has 2 aromatic carbocycles. The number of urea groups is 1. The van der Waals surface area contributed by atoms with Gasteiger partial charge in [0.15, 0.2) is 5.13 Å².